The number of pyridine rings is 1. The summed E-state index contributed by atoms with van der Waals surface area (Å²) in [6.07, 6.45) is 9.03. The molecule has 0 radical (unpaired) electrons. The molecule has 4 heteroatoms. The number of likely N-dealkylation sites (tertiary alicyclic amines) is 1. The Morgan fingerprint density at radius 1 is 1.00 bits per heavy atom. The van der Waals surface area contributed by atoms with Crippen LogP contribution < -0.4 is 4.74 Å². The van der Waals surface area contributed by atoms with Crippen LogP contribution in [0, 0.1) is 0 Å². The lowest BCUT2D eigenvalue weighted by atomic mass is 9.93. The first kappa shape index (κ1) is 21.5. The van der Waals surface area contributed by atoms with E-state index >= 15 is 0 Å². The molecule has 1 aromatic heterocycles. The highest BCUT2D eigenvalue weighted by Crippen LogP contribution is 2.33. The third-order valence-corrected chi connectivity index (χ3v) is 7.23. The first-order valence-corrected chi connectivity index (χ1v) is 12.2. The quantitative estimate of drug-likeness (QED) is 0.450. The molecule has 1 atom stereocenters. The van der Waals surface area contributed by atoms with E-state index in [4.69, 9.17) is 21.3 Å². The van der Waals surface area contributed by atoms with Crippen LogP contribution in [0.3, 0.4) is 0 Å². The van der Waals surface area contributed by atoms with Gasteiger partial charge in [-0.05, 0) is 91.6 Å². The molecule has 3 nitrogen and oxygen atoms in total. The maximum absolute atomic E-state index is 6.00. The Labute approximate surface area is 196 Å². The minimum absolute atomic E-state index is 0.494. The summed E-state index contributed by atoms with van der Waals surface area (Å²) in [6.45, 7) is 3.16. The lowest BCUT2D eigenvalue weighted by molar-refractivity contribution is 0.196. The van der Waals surface area contributed by atoms with Crippen molar-refractivity contribution < 1.29 is 4.74 Å². The van der Waals surface area contributed by atoms with E-state index in [1.807, 2.05) is 18.3 Å². The molecule has 0 amide bonds. The van der Waals surface area contributed by atoms with Gasteiger partial charge < -0.3 is 4.74 Å². The fraction of sp³-hybridized carbons (Fsp3) is 0.393. The van der Waals surface area contributed by atoms with Crippen molar-refractivity contribution in [2.24, 2.45) is 0 Å². The number of hydrogen-bond donors (Lipinski definition) is 0. The van der Waals surface area contributed by atoms with Crippen LogP contribution in [0.2, 0.25) is 5.02 Å². The van der Waals surface area contributed by atoms with Crippen LogP contribution in [0.25, 0.3) is 0 Å². The average Bonchev–Trinajstić information content (AvgIpc) is 3.28. The molecule has 5 rings (SSSR count). The molecule has 0 bridgehead atoms. The molecule has 2 heterocycles. The summed E-state index contributed by atoms with van der Waals surface area (Å²) in [6, 6.07) is 17.2. The Hall–Kier alpha value is -2.36. The first-order valence-electron chi connectivity index (χ1n) is 11.8. The van der Waals surface area contributed by atoms with Crippen LogP contribution in [0.15, 0.2) is 54.7 Å². The van der Waals surface area contributed by atoms with Gasteiger partial charge in [-0.25, -0.2) is 0 Å². The van der Waals surface area contributed by atoms with Gasteiger partial charge in [-0.1, -0.05) is 35.9 Å². The maximum Gasteiger partial charge on any atom is 0.123 e. The summed E-state index contributed by atoms with van der Waals surface area (Å²) < 4.78 is 5.75. The summed E-state index contributed by atoms with van der Waals surface area (Å²) in [5.41, 5.74) is 8.05. The molecule has 0 unspecified atom stereocenters. The number of aryl methyl sites for hydroxylation is 2. The van der Waals surface area contributed by atoms with E-state index in [2.05, 4.69) is 41.3 Å². The second-order valence-corrected chi connectivity index (χ2v) is 9.69. The van der Waals surface area contributed by atoms with Crippen LogP contribution in [-0.2, 0) is 25.8 Å². The summed E-state index contributed by atoms with van der Waals surface area (Å²) in [4.78, 5) is 7.44. The van der Waals surface area contributed by atoms with Gasteiger partial charge in [0.25, 0.3) is 0 Å². The first-order chi connectivity index (χ1) is 15.7. The van der Waals surface area contributed by atoms with Crippen LogP contribution in [0.1, 0.15) is 58.7 Å². The molecule has 166 valence electrons. The number of rotatable bonds is 6. The summed E-state index contributed by atoms with van der Waals surface area (Å²) >= 11 is 6.00. The number of piperidine rings is 1. The lowest BCUT2D eigenvalue weighted by Crippen LogP contribution is -2.34. The van der Waals surface area contributed by atoms with Crippen LogP contribution in [-0.4, -0.2) is 30.1 Å². The van der Waals surface area contributed by atoms with Crippen molar-refractivity contribution in [1.29, 1.82) is 0 Å². The van der Waals surface area contributed by atoms with Gasteiger partial charge in [0.1, 0.15) is 5.75 Å². The average molecular weight is 447 g/mol. The lowest BCUT2D eigenvalue weighted by Gasteiger charge is -2.33. The molecular formula is C28H31ClN2O. The van der Waals surface area contributed by atoms with E-state index < -0.39 is 0 Å². The molecule has 1 aliphatic carbocycles. The van der Waals surface area contributed by atoms with Gasteiger partial charge in [0.2, 0.25) is 0 Å². The molecule has 3 aromatic rings. The number of methoxy groups -OCH3 is 1. The van der Waals surface area contributed by atoms with E-state index in [1.54, 1.807) is 7.11 Å². The summed E-state index contributed by atoms with van der Waals surface area (Å²) in [5.74, 6) is 1.55. The van der Waals surface area contributed by atoms with Gasteiger partial charge in [-0.2, -0.15) is 0 Å². The predicted molar refractivity (Wildman–Crippen MR) is 131 cm³/mol. The second kappa shape index (κ2) is 9.64. The third-order valence-electron chi connectivity index (χ3n) is 6.98. The SMILES string of the molecule is COc1cc2c(cc1CN1CCC[C@H](c3ccc(Cc4ccc(Cl)cc4)cn3)C1)CCC2. The molecule has 1 saturated heterocycles. The van der Waals surface area contributed by atoms with Crippen LogP contribution in [0.5, 0.6) is 5.75 Å². The van der Waals surface area contributed by atoms with Crippen molar-refractivity contribution in [1.82, 2.24) is 9.88 Å². The van der Waals surface area contributed by atoms with E-state index in [-0.39, 0.29) is 0 Å². The topological polar surface area (TPSA) is 25.4 Å². The molecule has 32 heavy (non-hydrogen) atoms. The largest absolute Gasteiger partial charge is 0.496 e. The molecule has 0 spiro atoms. The highest BCUT2D eigenvalue weighted by atomic mass is 35.5. The van der Waals surface area contributed by atoms with Gasteiger partial charge >= 0.3 is 0 Å². The number of ether oxygens (including phenoxy) is 1. The zero-order valence-corrected chi connectivity index (χ0v) is 19.6. The molecule has 0 saturated carbocycles. The zero-order valence-electron chi connectivity index (χ0n) is 18.8. The smallest absolute Gasteiger partial charge is 0.123 e. The van der Waals surface area contributed by atoms with Gasteiger partial charge in [0.05, 0.1) is 7.11 Å². The number of hydrogen-bond acceptors (Lipinski definition) is 3. The Bertz CT molecular complexity index is 1060. The Balaban J connectivity index is 1.25. The monoisotopic (exact) mass is 446 g/mol. The normalized spacial score (nSPS) is 18.5. The number of benzene rings is 2. The van der Waals surface area contributed by atoms with Crippen molar-refractivity contribution in [2.45, 2.75) is 51.0 Å². The minimum atomic E-state index is 0.494. The van der Waals surface area contributed by atoms with Crippen LogP contribution in [0.4, 0.5) is 0 Å². The molecule has 1 aliphatic heterocycles. The summed E-state index contributed by atoms with van der Waals surface area (Å²) in [5, 5.41) is 0.779. The van der Waals surface area contributed by atoms with Gasteiger partial charge in [0, 0.05) is 41.5 Å². The Morgan fingerprint density at radius 3 is 2.53 bits per heavy atom. The van der Waals surface area contributed by atoms with E-state index in [1.165, 1.54) is 65.6 Å². The van der Waals surface area contributed by atoms with Crippen molar-refractivity contribution in [3.8, 4) is 5.75 Å². The number of aromatic nitrogens is 1. The predicted octanol–water partition coefficient (Wildman–Crippen LogP) is 6.20. The molecule has 2 aliphatic rings. The number of nitrogens with zero attached hydrogens (tertiary/aromatic N) is 2. The van der Waals surface area contributed by atoms with Gasteiger partial charge in [-0.15, -0.1) is 0 Å². The Morgan fingerprint density at radius 2 is 1.78 bits per heavy atom. The van der Waals surface area contributed by atoms with Crippen molar-refractivity contribution in [3.63, 3.8) is 0 Å². The van der Waals surface area contributed by atoms with Crippen molar-refractivity contribution >= 4 is 11.6 Å². The van der Waals surface area contributed by atoms with Crippen molar-refractivity contribution in [2.75, 3.05) is 20.2 Å². The van der Waals surface area contributed by atoms with E-state index in [9.17, 15) is 0 Å². The minimum Gasteiger partial charge on any atom is -0.496 e. The highest BCUT2D eigenvalue weighted by Gasteiger charge is 2.24. The standard InChI is InChI=1S/C28H31ClN2O/c1-32-28-16-23-5-2-4-22(23)15-25(28)19-31-13-3-6-24(18-31)27-12-9-21(17-30-27)14-20-7-10-26(29)11-8-20/h7-12,15-17,24H,2-6,13-14,18-19H2,1H3/t24-/m0/s1. The molecular weight excluding hydrogens is 416 g/mol. The number of fused-ring (bicyclic) bond motifs is 1. The summed E-state index contributed by atoms with van der Waals surface area (Å²) in [7, 11) is 1.80. The second-order valence-electron chi connectivity index (χ2n) is 9.26. The molecule has 2 aromatic carbocycles. The number of halogens is 1. The third kappa shape index (κ3) is 4.84. The van der Waals surface area contributed by atoms with Gasteiger partial charge in [0.15, 0.2) is 0 Å². The molecule has 0 N–H and O–H groups in total. The molecule has 1 fully saturated rings. The fourth-order valence-corrected chi connectivity index (χ4v) is 5.39. The highest BCUT2D eigenvalue weighted by molar-refractivity contribution is 6.30. The van der Waals surface area contributed by atoms with Crippen molar-refractivity contribution in [3.05, 3.63) is 93.3 Å². The van der Waals surface area contributed by atoms with Gasteiger partial charge in [-0.3, -0.25) is 9.88 Å². The zero-order chi connectivity index (χ0) is 21.9. The fourth-order valence-electron chi connectivity index (χ4n) is 5.27. The van der Waals surface area contributed by atoms with Crippen LogP contribution >= 0.6 is 11.6 Å². The van der Waals surface area contributed by atoms with E-state index in [0.29, 0.717) is 5.92 Å². The maximum atomic E-state index is 6.00. The van der Waals surface area contributed by atoms with E-state index in [0.717, 1.165) is 36.8 Å². The Kier molecular flexibility index (Phi) is 6.47.